The highest BCUT2D eigenvalue weighted by Gasteiger charge is 2.18. The van der Waals surface area contributed by atoms with Gasteiger partial charge in [0.15, 0.2) is 6.61 Å². The average molecular weight is 274 g/mol. The van der Waals surface area contributed by atoms with E-state index in [2.05, 4.69) is 17.5 Å². The van der Waals surface area contributed by atoms with Gasteiger partial charge in [0.1, 0.15) is 5.75 Å². The Labute approximate surface area is 117 Å². The maximum absolute atomic E-state index is 12.0. The minimum absolute atomic E-state index is 0.0418. The summed E-state index contributed by atoms with van der Waals surface area (Å²) in [5.74, 6) is 0.112. The zero-order chi connectivity index (χ0) is 14.4. The summed E-state index contributed by atoms with van der Waals surface area (Å²) >= 11 is 0. The van der Waals surface area contributed by atoms with Gasteiger partial charge >= 0.3 is 0 Å². The number of carbonyl (C=O) groups excluding carboxylic acids is 2. The zero-order valence-electron chi connectivity index (χ0n) is 11.2. The first kappa shape index (κ1) is 14.1. The molecule has 1 aliphatic carbocycles. The summed E-state index contributed by atoms with van der Waals surface area (Å²) in [7, 11) is 0. The number of benzene rings is 1. The minimum Gasteiger partial charge on any atom is -0.484 e. The third-order valence-electron chi connectivity index (χ3n) is 3.14. The first-order valence-electron chi connectivity index (χ1n) is 6.62. The molecule has 3 N–H and O–H groups in total. The van der Waals surface area contributed by atoms with Crippen LogP contribution in [0, 0.1) is 5.92 Å². The van der Waals surface area contributed by atoms with Gasteiger partial charge in [0, 0.05) is 11.6 Å². The van der Waals surface area contributed by atoms with Crippen LogP contribution in [0.5, 0.6) is 5.75 Å². The minimum atomic E-state index is -0.521. The van der Waals surface area contributed by atoms with E-state index in [0.29, 0.717) is 5.75 Å². The highest BCUT2D eigenvalue weighted by atomic mass is 16.5. The smallest absolute Gasteiger partial charge is 0.255 e. The number of allylic oxidation sites excluding steroid dienone is 2. The van der Waals surface area contributed by atoms with E-state index in [9.17, 15) is 9.59 Å². The van der Waals surface area contributed by atoms with Crippen LogP contribution in [0.4, 0.5) is 5.69 Å². The molecule has 0 aliphatic heterocycles. The average Bonchev–Trinajstić information content (AvgIpc) is 2.47. The van der Waals surface area contributed by atoms with Crippen molar-refractivity contribution in [3.05, 3.63) is 36.4 Å². The third kappa shape index (κ3) is 4.12. The fourth-order valence-electron chi connectivity index (χ4n) is 2.07. The molecule has 0 heterocycles. The third-order valence-corrected chi connectivity index (χ3v) is 3.14. The summed E-state index contributed by atoms with van der Waals surface area (Å²) in [6.07, 6.45) is 6.80. The van der Waals surface area contributed by atoms with Crippen molar-refractivity contribution in [3.8, 4) is 5.75 Å². The molecule has 0 aromatic heterocycles. The molecule has 0 bridgehead atoms. The van der Waals surface area contributed by atoms with Crippen molar-refractivity contribution in [1.29, 1.82) is 0 Å². The van der Waals surface area contributed by atoms with E-state index in [4.69, 9.17) is 10.5 Å². The summed E-state index contributed by atoms with van der Waals surface area (Å²) in [6, 6.07) is 6.87. The predicted octanol–water partition coefficient (Wildman–Crippen LogP) is 1.85. The number of ether oxygens (including phenoxy) is 1. The van der Waals surface area contributed by atoms with Gasteiger partial charge in [-0.25, -0.2) is 0 Å². The van der Waals surface area contributed by atoms with Crippen LogP contribution in [0.1, 0.15) is 19.3 Å². The number of nitrogens with two attached hydrogens (primary N) is 1. The van der Waals surface area contributed by atoms with Gasteiger partial charge in [0.05, 0.1) is 0 Å². The molecule has 0 saturated heterocycles. The van der Waals surface area contributed by atoms with Crippen molar-refractivity contribution >= 4 is 17.5 Å². The number of primary amides is 1. The predicted molar refractivity (Wildman–Crippen MR) is 76.2 cm³/mol. The van der Waals surface area contributed by atoms with Gasteiger partial charge in [-0.3, -0.25) is 9.59 Å². The molecule has 20 heavy (non-hydrogen) atoms. The molecule has 2 amide bonds. The highest BCUT2D eigenvalue weighted by Crippen LogP contribution is 2.21. The molecular weight excluding hydrogens is 256 g/mol. The molecule has 0 spiro atoms. The fourth-order valence-corrected chi connectivity index (χ4v) is 2.07. The summed E-state index contributed by atoms with van der Waals surface area (Å²) in [5.41, 5.74) is 5.71. The summed E-state index contributed by atoms with van der Waals surface area (Å²) < 4.78 is 5.15. The fraction of sp³-hybridized carbons (Fsp3) is 0.333. The van der Waals surface area contributed by atoms with Crippen molar-refractivity contribution in [2.75, 3.05) is 11.9 Å². The lowest BCUT2D eigenvalue weighted by Crippen LogP contribution is -2.23. The lowest BCUT2D eigenvalue weighted by Gasteiger charge is -2.17. The quantitative estimate of drug-likeness (QED) is 0.804. The van der Waals surface area contributed by atoms with E-state index in [1.807, 2.05) is 0 Å². The molecule has 1 atom stereocenters. The van der Waals surface area contributed by atoms with Gasteiger partial charge in [0.25, 0.3) is 5.91 Å². The van der Waals surface area contributed by atoms with Crippen LogP contribution in [0.2, 0.25) is 0 Å². The first-order chi connectivity index (χ1) is 9.65. The Bertz CT molecular complexity index is 508. The molecule has 5 heteroatoms. The Balaban J connectivity index is 1.88. The standard InChI is InChI=1S/C15H18N2O3/c16-14(18)10-20-13-8-6-12(7-9-13)17-15(19)11-4-2-1-3-5-11/h1-2,6-9,11H,3-5,10H2,(H2,16,18)(H,17,19)/t11-/m1/s1. The Kier molecular flexibility index (Phi) is 4.76. The number of anilines is 1. The van der Waals surface area contributed by atoms with Crippen molar-refractivity contribution < 1.29 is 14.3 Å². The maximum atomic E-state index is 12.0. The molecule has 2 rings (SSSR count). The highest BCUT2D eigenvalue weighted by molar-refractivity contribution is 5.92. The number of nitrogens with one attached hydrogen (secondary N) is 1. The lowest BCUT2D eigenvalue weighted by molar-refractivity contribution is -0.120. The topological polar surface area (TPSA) is 81.4 Å². The second kappa shape index (κ2) is 6.75. The SMILES string of the molecule is NC(=O)COc1ccc(NC(=O)[C@@H]2CC=CCC2)cc1. The van der Waals surface area contributed by atoms with Gasteiger partial charge in [-0.05, 0) is 43.5 Å². The number of rotatable bonds is 5. The number of carbonyl (C=O) groups is 2. The largest absolute Gasteiger partial charge is 0.484 e. The Morgan fingerprint density at radius 3 is 2.60 bits per heavy atom. The maximum Gasteiger partial charge on any atom is 0.255 e. The summed E-state index contributed by atoms with van der Waals surface area (Å²) in [5, 5.41) is 2.88. The monoisotopic (exact) mass is 274 g/mol. The van der Waals surface area contributed by atoms with Gasteiger partial charge in [0.2, 0.25) is 5.91 Å². The van der Waals surface area contributed by atoms with E-state index in [0.717, 1.165) is 24.9 Å². The molecule has 5 nitrogen and oxygen atoms in total. The second-order valence-electron chi connectivity index (χ2n) is 4.75. The van der Waals surface area contributed by atoms with Crippen molar-refractivity contribution in [1.82, 2.24) is 0 Å². The van der Waals surface area contributed by atoms with Gasteiger partial charge < -0.3 is 15.8 Å². The van der Waals surface area contributed by atoms with Crippen LogP contribution in [0.3, 0.4) is 0 Å². The van der Waals surface area contributed by atoms with Crippen molar-refractivity contribution in [2.45, 2.75) is 19.3 Å². The van der Waals surface area contributed by atoms with Gasteiger partial charge in [-0.15, -0.1) is 0 Å². The van der Waals surface area contributed by atoms with Crippen LogP contribution >= 0.6 is 0 Å². The molecule has 0 fully saturated rings. The van der Waals surface area contributed by atoms with E-state index in [1.165, 1.54) is 0 Å². The molecule has 0 saturated carbocycles. The molecule has 1 aliphatic rings. The Morgan fingerprint density at radius 2 is 2.00 bits per heavy atom. The van der Waals surface area contributed by atoms with E-state index in [1.54, 1.807) is 24.3 Å². The van der Waals surface area contributed by atoms with E-state index in [-0.39, 0.29) is 18.4 Å². The number of hydrogen-bond acceptors (Lipinski definition) is 3. The number of hydrogen-bond donors (Lipinski definition) is 2. The second-order valence-corrected chi connectivity index (χ2v) is 4.75. The van der Waals surface area contributed by atoms with Crippen LogP contribution in [-0.4, -0.2) is 18.4 Å². The molecule has 0 unspecified atom stereocenters. The molecule has 0 radical (unpaired) electrons. The summed E-state index contributed by atoms with van der Waals surface area (Å²) in [4.78, 5) is 22.6. The zero-order valence-corrected chi connectivity index (χ0v) is 11.2. The van der Waals surface area contributed by atoms with Crippen LogP contribution in [-0.2, 0) is 9.59 Å². The Hall–Kier alpha value is -2.30. The van der Waals surface area contributed by atoms with Gasteiger partial charge in [-0.2, -0.15) is 0 Å². The van der Waals surface area contributed by atoms with Crippen molar-refractivity contribution in [2.24, 2.45) is 11.7 Å². The van der Waals surface area contributed by atoms with Crippen molar-refractivity contribution in [3.63, 3.8) is 0 Å². The Morgan fingerprint density at radius 1 is 1.25 bits per heavy atom. The van der Waals surface area contributed by atoms with Crippen LogP contribution in [0.25, 0.3) is 0 Å². The molecule has 106 valence electrons. The molecule has 1 aromatic rings. The normalized spacial score (nSPS) is 17.5. The molecular formula is C15H18N2O3. The molecule has 1 aromatic carbocycles. The summed E-state index contributed by atoms with van der Waals surface area (Å²) in [6.45, 7) is -0.153. The lowest BCUT2D eigenvalue weighted by atomic mass is 9.93. The van der Waals surface area contributed by atoms with Crippen LogP contribution < -0.4 is 15.8 Å². The van der Waals surface area contributed by atoms with Gasteiger partial charge in [-0.1, -0.05) is 12.2 Å². The number of amides is 2. The first-order valence-corrected chi connectivity index (χ1v) is 6.62. The van der Waals surface area contributed by atoms with Crippen LogP contribution in [0.15, 0.2) is 36.4 Å². The van der Waals surface area contributed by atoms with E-state index < -0.39 is 5.91 Å². The van der Waals surface area contributed by atoms with E-state index >= 15 is 0 Å².